The summed E-state index contributed by atoms with van der Waals surface area (Å²) < 4.78 is 0. The zero-order valence-electron chi connectivity index (χ0n) is 13.0. The first kappa shape index (κ1) is 15.7. The quantitative estimate of drug-likeness (QED) is 0.667. The predicted molar refractivity (Wildman–Crippen MR) is 83.4 cm³/mol. The van der Waals surface area contributed by atoms with Crippen molar-refractivity contribution in [3.63, 3.8) is 0 Å². The molecule has 1 aromatic rings. The van der Waals surface area contributed by atoms with Gasteiger partial charge < -0.3 is 10.2 Å². The van der Waals surface area contributed by atoms with Crippen molar-refractivity contribution >= 4 is 11.5 Å². The minimum Gasteiger partial charge on any atom is -0.361 e. The van der Waals surface area contributed by atoms with Crippen molar-refractivity contribution in [2.24, 2.45) is 11.8 Å². The maximum absolute atomic E-state index is 11.0. The van der Waals surface area contributed by atoms with Gasteiger partial charge in [0.25, 0.3) is 0 Å². The maximum atomic E-state index is 11.0. The number of hydrogen-bond acceptors (Lipinski definition) is 5. The summed E-state index contributed by atoms with van der Waals surface area (Å²) in [5, 5.41) is 14.2. The van der Waals surface area contributed by atoms with Gasteiger partial charge in [0.1, 0.15) is 0 Å². The fraction of sp³-hybridized carbons (Fsp3) is 0.667. The van der Waals surface area contributed by atoms with E-state index in [0.717, 1.165) is 19.6 Å². The van der Waals surface area contributed by atoms with Crippen molar-refractivity contribution in [2.75, 3.05) is 25.0 Å². The monoisotopic (exact) mass is 292 g/mol. The molecule has 0 aliphatic carbocycles. The van der Waals surface area contributed by atoms with E-state index in [0.29, 0.717) is 17.7 Å². The van der Waals surface area contributed by atoms with Crippen LogP contribution in [0.2, 0.25) is 0 Å². The van der Waals surface area contributed by atoms with E-state index in [1.807, 2.05) is 6.92 Å². The molecule has 6 heteroatoms. The molecule has 6 nitrogen and oxygen atoms in total. The third-order valence-corrected chi connectivity index (χ3v) is 3.84. The second kappa shape index (κ2) is 6.85. The lowest BCUT2D eigenvalue weighted by Crippen LogP contribution is -2.43. The second-order valence-electron chi connectivity index (χ2n) is 6.34. The summed E-state index contributed by atoms with van der Waals surface area (Å²) in [7, 11) is 0. The molecule has 1 N–H and O–H groups in total. The number of hydrogen-bond donors (Lipinski definition) is 1. The van der Waals surface area contributed by atoms with Crippen molar-refractivity contribution < 1.29 is 4.92 Å². The zero-order valence-corrected chi connectivity index (χ0v) is 13.0. The van der Waals surface area contributed by atoms with Crippen LogP contribution in [-0.4, -0.2) is 40.5 Å². The summed E-state index contributed by atoms with van der Waals surface area (Å²) in [5.41, 5.74) is 0.0322. The summed E-state index contributed by atoms with van der Waals surface area (Å²) in [4.78, 5) is 17.1. The van der Waals surface area contributed by atoms with Gasteiger partial charge in [0.05, 0.1) is 4.92 Å². The number of pyridine rings is 1. The third-order valence-electron chi connectivity index (χ3n) is 3.84. The molecule has 3 unspecified atom stereocenters. The lowest BCUT2D eigenvalue weighted by Gasteiger charge is -2.36. The van der Waals surface area contributed by atoms with Crippen LogP contribution in [0.3, 0.4) is 0 Å². The van der Waals surface area contributed by atoms with E-state index in [2.05, 4.69) is 29.0 Å². The average molecular weight is 292 g/mol. The van der Waals surface area contributed by atoms with Crippen LogP contribution in [0, 0.1) is 22.0 Å². The largest absolute Gasteiger partial charge is 0.361 e. The van der Waals surface area contributed by atoms with Gasteiger partial charge in [-0.2, -0.15) is 0 Å². The van der Waals surface area contributed by atoms with Gasteiger partial charge in [0.15, 0.2) is 0 Å². The van der Waals surface area contributed by atoms with Crippen LogP contribution >= 0.6 is 0 Å². The normalized spacial score (nSPS) is 24.5. The number of nitrogens with zero attached hydrogens (tertiary/aromatic N) is 3. The van der Waals surface area contributed by atoms with Crippen molar-refractivity contribution in [1.29, 1.82) is 0 Å². The molecule has 2 heterocycles. The predicted octanol–water partition coefficient (Wildman–Crippen LogP) is 2.77. The number of aromatic nitrogens is 1. The van der Waals surface area contributed by atoms with Crippen molar-refractivity contribution in [3.8, 4) is 0 Å². The highest BCUT2D eigenvalue weighted by Gasteiger charge is 2.23. The van der Waals surface area contributed by atoms with Gasteiger partial charge in [-0.3, -0.25) is 10.1 Å². The van der Waals surface area contributed by atoms with E-state index in [-0.39, 0.29) is 11.7 Å². The summed E-state index contributed by atoms with van der Waals surface area (Å²) in [6.45, 7) is 9.68. The van der Waals surface area contributed by atoms with Gasteiger partial charge in [0.2, 0.25) is 5.82 Å². The standard InChI is InChI=1S/C15H24N4O2/c1-11-7-12(2)9-18(8-11)10-13(3)17-15-14(19(20)21)5-4-6-16-15/h4-6,11-13H,7-10H2,1-3H3,(H,16,17). The average Bonchev–Trinajstić information content (AvgIpc) is 2.37. The van der Waals surface area contributed by atoms with Gasteiger partial charge in [-0.1, -0.05) is 13.8 Å². The van der Waals surface area contributed by atoms with E-state index in [1.54, 1.807) is 12.3 Å². The number of piperidine rings is 1. The molecule has 0 radical (unpaired) electrons. The van der Waals surface area contributed by atoms with Crippen LogP contribution in [-0.2, 0) is 0 Å². The molecular weight excluding hydrogens is 268 g/mol. The highest BCUT2D eigenvalue weighted by molar-refractivity contribution is 5.55. The number of anilines is 1. The molecule has 1 aromatic heterocycles. The van der Waals surface area contributed by atoms with Crippen LogP contribution < -0.4 is 5.32 Å². The summed E-state index contributed by atoms with van der Waals surface area (Å²) in [6, 6.07) is 3.19. The Morgan fingerprint density at radius 3 is 2.76 bits per heavy atom. The Morgan fingerprint density at radius 2 is 2.14 bits per heavy atom. The first-order chi connectivity index (χ1) is 9.95. The van der Waals surface area contributed by atoms with Crippen LogP contribution in [0.25, 0.3) is 0 Å². The molecule has 2 rings (SSSR count). The minimum atomic E-state index is -0.396. The molecule has 0 amide bonds. The highest BCUT2D eigenvalue weighted by atomic mass is 16.6. The van der Waals surface area contributed by atoms with Crippen LogP contribution in [0.15, 0.2) is 18.3 Å². The van der Waals surface area contributed by atoms with E-state index in [4.69, 9.17) is 0 Å². The van der Waals surface area contributed by atoms with Crippen LogP contribution in [0.5, 0.6) is 0 Å². The zero-order chi connectivity index (χ0) is 15.4. The van der Waals surface area contributed by atoms with Gasteiger partial charge >= 0.3 is 5.69 Å². The molecule has 1 saturated heterocycles. The van der Waals surface area contributed by atoms with Crippen LogP contribution in [0.4, 0.5) is 11.5 Å². The molecule has 3 atom stereocenters. The lowest BCUT2D eigenvalue weighted by molar-refractivity contribution is -0.384. The fourth-order valence-electron chi connectivity index (χ4n) is 3.26. The highest BCUT2D eigenvalue weighted by Crippen LogP contribution is 2.23. The first-order valence-electron chi connectivity index (χ1n) is 7.54. The molecule has 0 bridgehead atoms. The molecule has 1 fully saturated rings. The number of likely N-dealkylation sites (tertiary alicyclic amines) is 1. The van der Waals surface area contributed by atoms with Crippen molar-refractivity contribution in [2.45, 2.75) is 33.2 Å². The van der Waals surface area contributed by atoms with E-state index >= 15 is 0 Å². The van der Waals surface area contributed by atoms with Gasteiger partial charge in [-0.25, -0.2) is 4.98 Å². The fourth-order valence-corrected chi connectivity index (χ4v) is 3.26. The number of nitrogens with one attached hydrogen (secondary N) is 1. The van der Waals surface area contributed by atoms with Gasteiger partial charge in [0, 0.05) is 37.9 Å². The molecule has 1 aliphatic heterocycles. The Kier molecular flexibility index (Phi) is 5.12. The first-order valence-corrected chi connectivity index (χ1v) is 7.54. The molecule has 116 valence electrons. The maximum Gasteiger partial charge on any atom is 0.311 e. The molecule has 0 aromatic carbocycles. The summed E-state index contributed by atoms with van der Waals surface area (Å²) >= 11 is 0. The number of nitro groups is 1. The SMILES string of the molecule is CC1CC(C)CN(CC(C)Nc2ncccc2[N+](=O)[O-])C1. The van der Waals surface area contributed by atoms with E-state index in [9.17, 15) is 10.1 Å². The van der Waals surface area contributed by atoms with Gasteiger partial charge in [-0.15, -0.1) is 0 Å². The van der Waals surface area contributed by atoms with E-state index < -0.39 is 4.92 Å². The minimum absolute atomic E-state index is 0.0322. The summed E-state index contributed by atoms with van der Waals surface area (Å²) in [5.74, 6) is 1.78. The topological polar surface area (TPSA) is 71.3 Å². The molecular formula is C15H24N4O2. The molecule has 0 saturated carbocycles. The van der Waals surface area contributed by atoms with Crippen LogP contribution in [0.1, 0.15) is 27.2 Å². The molecule has 0 spiro atoms. The van der Waals surface area contributed by atoms with Gasteiger partial charge in [-0.05, 0) is 31.2 Å². The number of rotatable bonds is 5. The molecule has 1 aliphatic rings. The molecule has 21 heavy (non-hydrogen) atoms. The van der Waals surface area contributed by atoms with Crippen molar-refractivity contribution in [3.05, 3.63) is 28.4 Å². The second-order valence-corrected chi connectivity index (χ2v) is 6.34. The Labute approximate surface area is 125 Å². The summed E-state index contributed by atoms with van der Waals surface area (Å²) in [6.07, 6.45) is 2.86. The Balaban J connectivity index is 1.96. The Morgan fingerprint density at radius 1 is 1.48 bits per heavy atom. The Bertz CT molecular complexity index is 484. The Hall–Kier alpha value is -1.69. The van der Waals surface area contributed by atoms with Crippen molar-refractivity contribution in [1.82, 2.24) is 9.88 Å². The smallest absolute Gasteiger partial charge is 0.311 e. The lowest BCUT2D eigenvalue weighted by atomic mass is 9.92. The third kappa shape index (κ3) is 4.39. The van der Waals surface area contributed by atoms with E-state index in [1.165, 1.54) is 12.5 Å².